The van der Waals surface area contributed by atoms with E-state index in [1.54, 1.807) is 6.08 Å². The zero-order valence-corrected chi connectivity index (χ0v) is 9.18. The molecule has 0 aromatic rings. The van der Waals surface area contributed by atoms with Crippen LogP contribution in [0.5, 0.6) is 0 Å². The van der Waals surface area contributed by atoms with Crippen LogP contribution in [0.15, 0.2) is 12.2 Å². The molecule has 0 saturated heterocycles. The summed E-state index contributed by atoms with van der Waals surface area (Å²) in [6, 6.07) is -1.01. The van der Waals surface area contributed by atoms with Gasteiger partial charge in [0.2, 0.25) is 0 Å². The van der Waals surface area contributed by atoms with E-state index in [4.69, 9.17) is 5.73 Å². The average molecular weight is 235 g/mol. The molecule has 0 fully saturated rings. The molecule has 15 heavy (non-hydrogen) atoms. The third kappa shape index (κ3) is 1.86. The molecule has 0 unspecified atom stereocenters. The minimum atomic E-state index is -4.65. The highest BCUT2D eigenvalue weighted by molar-refractivity contribution is 7.55. The molecule has 0 saturated carbocycles. The molecule has 1 aliphatic rings. The topological polar surface area (TPSA) is 110 Å². The number of hydrogen-bond acceptors (Lipinski definition) is 4. The predicted octanol–water partition coefficient (Wildman–Crippen LogP) is -0.247. The van der Waals surface area contributed by atoms with Gasteiger partial charge in [-0.05, 0) is 12.8 Å². The molecule has 6 nitrogen and oxygen atoms in total. The molecule has 1 rings (SSSR count). The van der Waals surface area contributed by atoms with Crippen molar-refractivity contribution in [3.05, 3.63) is 12.2 Å². The van der Waals surface area contributed by atoms with Gasteiger partial charge in [-0.2, -0.15) is 0 Å². The Labute approximate surface area is 87.3 Å². The molecule has 0 bridgehead atoms. The summed E-state index contributed by atoms with van der Waals surface area (Å²) in [6.07, 6.45) is 3.52. The minimum absolute atomic E-state index is 0.00160. The highest BCUT2D eigenvalue weighted by Crippen LogP contribution is 2.56. The Morgan fingerprint density at radius 1 is 1.67 bits per heavy atom. The molecule has 7 heteroatoms. The van der Waals surface area contributed by atoms with Crippen molar-refractivity contribution < 1.29 is 23.9 Å². The Morgan fingerprint density at radius 3 is 2.67 bits per heavy atom. The number of allylic oxidation sites excluding steroid dienone is 1. The first kappa shape index (κ1) is 12.4. The molecular weight excluding hydrogens is 221 g/mol. The van der Waals surface area contributed by atoms with Crippen LogP contribution in [0, 0.1) is 0 Å². The largest absolute Gasteiger partial charge is 0.468 e. The van der Waals surface area contributed by atoms with Crippen LogP contribution in [0.25, 0.3) is 0 Å². The number of methoxy groups -OCH3 is 1. The van der Waals surface area contributed by atoms with Crippen LogP contribution in [0.2, 0.25) is 0 Å². The van der Waals surface area contributed by atoms with Crippen LogP contribution in [-0.4, -0.2) is 34.1 Å². The van der Waals surface area contributed by atoms with Gasteiger partial charge in [0.1, 0.15) is 0 Å². The molecule has 4 N–H and O–H groups in total. The summed E-state index contributed by atoms with van der Waals surface area (Å²) >= 11 is 0. The van der Waals surface area contributed by atoms with Gasteiger partial charge in [-0.25, -0.2) is 0 Å². The third-order valence-corrected chi connectivity index (χ3v) is 4.39. The summed E-state index contributed by atoms with van der Waals surface area (Å²) in [5.41, 5.74) is 5.60. The lowest BCUT2D eigenvalue weighted by Crippen LogP contribution is -2.54. The van der Waals surface area contributed by atoms with Gasteiger partial charge in [-0.15, -0.1) is 0 Å². The lowest BCUT2D eigenvalue weighted by Gasteiger charge is -2.36. The van der Waals surface area contributed by atoms with Crippen LogP contribution in [0.4, 0.5) is 0 Å². The number of hydrogen-bond donors (Lipinski definition) is 3. The standard InChI is InChI=1S/C8H14NO5P/c1-14-7(10)8(15(11,12)13)5-3-2-4-6(8)9/h2,4,6H,3,5,9H2,1H3,(H2,11,12,13)/t6-,8+/m1/s1. The molecule has 2 atom stereocenters. The fourth-order valence-corrected chi connectivity index (χ4v) is 2.97. The Kier molecular flexibility index (Phi) is 3.35. The molecule has 0 heterocycles. The molecule has 0 radical (unpaired) electrons. The van der Waals surface area contributed by atoms with Crippen LogP contribution >= 0.6 is 7.60 Å². The van der Waals surface area contributed by atoms with Gasteiger partial charge in [-0.1, -0.05) is 12.2 Å². The Morgan fingerprint density at radius 2 is 2.27 bits per heavy atom. The maximum atomic E-state index is 11.5. The van der Waals surface area contributed by atoms with E-state index in [1.165, 1.54) is 6.08 Å². The van der Waals surface area contributed by atoms with E-state index in [0.29, 0.717) is 6.42 Å². The van der Waals surface area contributed by atoms with Gasteiger partial charge >= 0.3 is 13.6 Å². The van der Waals surface area contributed by atoms with Gasteiger partial charge in [0.05, 0.1) is 13.2 Å². The van der Waals surface area contributed by atoms with Crippen molar-refractivity contribution in [2.24, 2.45) is 5.73 Å². The lowest BCUT2D eigenvalue weighted by molar-refractivity contribution is -0.145. The summed E-state index contributed by atoms with van der Waals surface area (Å²) < 4.78 is 15.8. The first-order chi connectivity index (χ1) is 6.86. The molecule has 0 spiro atoms. The quantitative estimate of drug-likeness (QED) is 0.346. The predicted molar refractivity (Wildman–Crippen MR) is 53.1 cm³/mol. The number of carbonyl (C=O) groups excluding carboxylic acids is 1. The maximum absolute atomic E-state index is 11.5. The van der Waals surface area contributed by atoms with E-state index in [-0.39, 0.29) is 6.42 Å². The van der Waals surface area contributed by atoms with Crippen molar-refractivity contribution in [1.82, 2.24) is 0 Å². The van der Waals surface area contributed by atoms with Crippen molar-refractivity contribution in [2.75, 3.05) is 7.11 Å². The summed E-state index contributed by atoms with van der Waals surface area (Å²) in [5.74, 6) is -0.951. The van der Waals surface area contributed by atoms with E-state index in [0.717, 1.165) is 7.11 Å². The molecular formula is C8H14NO5P. The Bertz CT molecular complexity index is 336. The number of esters is 1. The molecule has 0 aromatic heterocycles. The fraction of sp³-hybridized carbons (Fsp3) is 0.625. The Balaban J connectivity index is 3.24. The van der Waals surface area contributed by atoms with Crippen LogP contribution in [0.3, 0.4) is 0 Å². The highest BCUT2D eigenvalue weighted by Gasteiger charge is 2.58. The van der Waals surface area contributed by atoms with Gasteiger partial charge in [-0.3, -0.25) is 9.36 Å². The molecule has 0 amide bonds. The number of nitrogens with two attached hydrogens (primary N) is 1. The molecule has 1 aliphatic carbocycles. The number of rotatable bonds is 2. The van der Waals surface area contributed by atoms with Crippen molar-refractivity contribution in [3.63, 3.8) is 0 Å². The second-order valence-corrected chi connectivity index (χ2v) is 5.34. The lowest BCUT2D eigenvalue weighted by atomic mass is 9.89. The van der Waals surface area contributed by atoms with E-state index in [2.05, 4.69) is 4.74 Å². The van der Waals surface area contributed by atoms with E-state index < -0.39 is 24.8 Å². The second-order valence-electron chi connectivity index (χ2n) is 3.45. The monoisotopic (exact) mass is 235 g/mol. The molecule has 86 valence electrons. The summed E-state index contributed by atoms with van der Waals surface area (Å²) in [5, 5.41) is -1.92. The van der Waals surface area contributed by atoms with Crippen molar-refractivity contribution in [2.45, 2.75) is 24.0 Å². The summed E-state index contributed by atoms with van der Waals surface area (Å²) in [7, 11) is -3.56. The second kappa shape index (κ2) is 4.06. The molecule has 0 aliphatic heterocycles. The first-order valence-corrected chi connectivity index (χ1v) is 6.04. The number of carbonyl (C=O) groups is 1. The van der Waals surface area contributed by atoms with E-state index in [1.807, 2.05) is 0 Å². The zero-order valence-electron chi connectivity index (χ0n) is 8.29. The fourth-order valence-electron chi connectivity index (χ4n) is 1.75. The smallest absolute Gasteiger partial charge is 0.344 e. The summed E-state index contributed by atoms with van der Waals surface area (Å²) in [6.45, 7) is 0. The van der Waals surface area contributed by atoms with Gasteiger partial charge < -0.3 is 20.3 Å². The van der Waals surface area contributed by atoms with Crippen LogP contribution in [-0.2, 0) is 14.1 Å². The van der Waals surface area contributed by atoms with E-state index in [9.17, 15) is 19.1 Å². The van der Waals surface area contributed by atoms with Gasteiger partial charge in [0.15, 0.2) is 5.16 Å². The maximum Gasteiger partial charge on any atom is 0.344 e. The normalized spacial score (nSPS) is 31.3. The van der Waals surface area contributed by atoms with Gasteiger partial charge in [0.25, 0.3) is 0 Å². The zero-order chi connectivity index (χ0) is 11.7. The van der Waals surface area contributed by atoms with E-state index >= 15 is 0 Å². The number of ether oxygens (including phenoxy) is 1. The SMILES string of the molecule is COC(=O)[C@]1(P(=O)(O)O)CCC=C[C@H]1N. The minimum Gasteiger partial charge on any atom is -0.468 e. The van der Waals surface area contributed by atoms with Gasteiger partial charge in [0, 0.05) is 0 Å². The Hall–Kier alpha value is -0.680. The first-order valence-electron chi connectivity index (χ1n) is 4.42. The average Bonchev–Trinajstić information content (AvgIpc) is 2.15. The third-order valence-electron chi connectivity index (χ3n) is 2.65. The van der Waals surface area contributed by atoms with Crippen molar-refractivity contribution in [1.29, 1.82) is 0 Å². The summed E-state index contributed by atoms with van der Waals surface area (Å²) in [4.78, 5) is 30.0. The van der Waals surface area contributed by atoms with Crippen molar-refractivity contribution in [3.8, 4) is 0 Å². The van der Waals surface area contributed by atoms with Crippen LogP contribution < -0.4 is 5.73 Å². The highest BCUT2D eigenvalue weighted by atomic mass is 31.2. The molecule has 0 aromatic carbocycles. The van der Waals surface area contributed by atoms with Crippen LogP contribution in [0.1, 0.15) is 12.8 Å². The van der Waals surface area contributed by atoms with Crippen molar-refractivity contribution >= 4 is 13.6 Å².